The molecule has 0 radical (unpaired) electrons. The Morgan fingerprint density at radius 3 is 2.56 bits per heavy atom. The fraction of sp³-hybridized carbons (Fsp3) is 0.625. The summed E-state index contributed by atoms with van der Waals surface area (Å²) in [6.45, 7) is 3.54. The molecule has 0 atom stereocenters. The molecule has 1 nitrogen and oxygen atoms in total. The summed E-state index contributed by atoms with van der Waals surface area (Å²) in [5, 5.41) is 3.71. The van der Waals surface area contributed by atoms with Crippen molar-refractivity contribution in [2.75, 3.05) is 12.3 Å². The average molecular weight is 263 g/mol. The third kappa shape index (κ3) is 5.03. The maximum atomic E-state index is 3.71. The molecule has 18 heavy (non-hydrogen) atoms. The van der Waals surface area contributed by atoms with Crippen LogP contribution in [0.1, 0.15) is 38.2 Å². The van der Waals surface area contributed by atoms with Gasteiger partial charge >= 0.3 is 0 Å². The molecule has 1 N–H and O–H groups in total. The van der Waals surface area contributed by atoms with Crippen LogP contribution in [0.25, 0.3) is 0 Å². The minimum absolute atomic E-state index is 0.790. The van der Waals surface area contributed by atoms with Gasteiger partial charge in [-0.15, -0.1) is 0 Å². The molecule has 0 aliphatic heterocycles. The van der Waals surface area contributed by atoms with E-state index in [2.05, 4.69) is 42.6 Å². The zero-order valence-corrected chi connectivity index (χ0v) is 12.2. The van der Waals surface area contributed by atoms with Crippen molar-refractivity contribution in [3.05, 3.63) is 35.9 Å². The maximum Gasteiger partial charge on any atom is 0.0185 e. The molecule has 1 fully saturated rings. The van der Waals surface area contributed by atoms with Gasteiger partial charge in [0.2, 0.25) is 0 Å². The Hall–Kier alpha value is -0.470. The van der Waals surface area contributed by atoms with Crippen molar-refractivity contribution in [2.24, 2.45) is 5.92 Å². The van der Waals surface area contributed by atoms with Crippen LogP contribution in [-0.2, 0) is 5.75 Å². The van der Waals surface area contributed by atoms with E-state index in [-0.39, 0.29) is 0 Å². The van der Waals surface area contributed by atoms with Gasteiger partial charge in [-0.05, 0) is 37.2 Å². The molecule has 1 aromatic carbocycles. The molecular weight excluding hydrogens is 238 g/mol. The third-order valence-corrected chi connectivity index (χ3v) is 4.84. The number of hydrogen-bond acceptors (Lipinski definition) is 2. The molecule has 2 heteroatoms. The fourth-order valence-corrected chi connectivity index (χ4v) is 3.40. The summed E-state index contributed by atoms with van der Waals surface area (Å²) < 4.78 is 0. The molecule has 2 rings (SSSR count). The minimum atomic E-state index is 0.790. The van der Waals surface area contributed by atoms with Crippen LogP contribution in [0.4, 0.5) is 0 Å². The highest BCUT2D eigenvalue weighted by Gasteiger charge is 2.16. The normalized spacial score (nSPS) is 24.1. The molecule has 0 amide bonds. The van der Waals surface area contributed by atoms with E-state index in [1.807, 2.05) is 11.8 Å². The quantitative estimate of drug-likeness (QED) is 0.776. The van der Waals surface area contributed by atoms with Crippen molar-refractivity contribution in [3.63, 3.8) is 0 Å². The Kier molecular flexibility index (Phi) is 6.09. The lowest BCUT2D eigenvalue weighted by Crippen LogP contribution is -2.34. The highest BCUT2D eigenvalue weighted by atomic mass is 32.2. The lowest BCUT2D eigenvalue weighted by atomic mass is 9.87. The molecule has 0 heterocycles. The molecule has 1 aromatic rings. The highest BCUT2D eigenvalue weighted by Crippen LogP contribution is 2.23. The molecule has 0 unspecified atom stereocenters. The number of hydrogen-bond donors (Lipinski definition) is 1. The Morgan fingerprint density at radius 2 is 1.83 bits per heavy atom. The number of thioether (sulfide) groups is 1. The lowest BCUT2D eigenvalue weighted by Gasteiger charge is -2.26. The van der Waals surface area contributed by atoms with E-state index in [9.17, 15) is 0 Å². The van der Waals surface area contributed by atoms with Gasteiger partial charge in [0, 0.05) is 24.1 Å². The second-order valence-electron chi connectivity index (χ2n) is 5.45. The summed E-state index contributed by atoms with van der Waals surface area (Å²) in [5.74, 6) is 3.32. The predicted molar refractivity (Wildman–Crippen MR) is 82.0 cm³/mol. The summed E-state index contributed by atoms with van der Waals surface area (Å²) in [5.41, 5.74) is 1.44. The lowest BCUT2D eigenvalue weighted by molar-refractivity contribution is 0.312. The molecule has 1 aliphatic carbocycles. The van der Waals surface area contributed by atoms with Gasteiger partial charge < -0.3 is 5.32 Å². The highest BCUT2D eigenvalue weighted by molar-refractivity contribution is 7.98. The molecule has 0 bridgehead atoms. The smallest absolute Gasteiger partial charge is 0.0185 e. The zero-order valence-electron chi connectivity index (χ0n) is 11.4. The SMILES string of the molecule is CC1CCC(NCCSCc2ccccc2)CC1. The summed E-state index contributed by atoms with van der Waals surface area (Å²) >= 11 is 2.03. The Labute approximate surface area is 116 Å². The first-order chi connectivity index (χ1) is 8.84. The topological polar surface area (TPSA) is 12.0 Å². The Morgan fingerprint density at radius 1 is 1.11 bits per heavy atom. The van der Waals surface area contributed by atoms with Gasteiger partial charge in [0.15, 0.2) is 0 Å². The van der Waals surface area contributed by atoms with Gasteiger partial charge in [-0.2, -0.15) is 11.8 Å². The van der Waals surface area contributed by atoms with Crippen LogP contribution in [0.3, 0.4) is 0 Å². The van der Waals surface area contributed by atoms with E-state index in [4.69, 9.17) is 0 Å². The van der Waals surface area contributed by atoms with E-state index >= 15 is 0 Å². The predicted octanol–water partition coefficient (Wildman–Crippen LogP) is 4.09. The van der Waals surface area contributed by atoms with Gasteiger partial charge in [0.25, 0.3) is 0 Å². The number of benzene rings is 1. The van der Waals surface area contributed by atoms with Crippen molar-refractivity contribution in [1.82, 2.24) is 5.32 Å². The Bertz CT molecular complexity index is 317. The Balaban J connectivity index is 1.51. The first-order valence-electron chi connectivity index (χ1n) is 7.19. The van der Waals surface area contributed by atoms with Crippen molar-refractivity contribution < 1.29 is 0 Å². The monoisotopic (exact) mass is 263 g/mol. The third-order valence-electron chi connectivity index (χ3n) is 3.81. The average Bonchev–Trinajstić information content (AvgIpc) is 2.42. The molecule has 1 saturated carbocycles. The van der Waals surface area contributed by atoms with Crippen LogP contribution in [-0.4, -0.2) is 18.3 Å². The fourth-order valence-electron chi connectivity index (χ4n) is 2.56. The van der Waals surface area contributed by atoms with Crippen molar-refractivity contribution in [3.8, 4) is 0 Å². The number of nitrogens with one attached hydrogen (secondary N) is 1. The second-order valence-corrected chi connectivity index (χ2v) is 6.55. The first kappa shape index (κ1) is 14.0. The van der Waals surface area contributed by atoms with Crippen molar-refractivity contribution in [2.45, 2.75) is 44.4 Å². The first-order valence-corrected chi connectivity index (χ1v) is 8.35. The summed E-state index contributed by atoms with van der Waals surface area (Å²) in [6, 6.07) is 11.5. The summed E-state index contributed by atoms with van der Waals surface area (Å²) in [4.78, 5) is 0. The zero-order chi connectivity index (χ0) is 12.6. The van der Waals surface area contributed by atoms with E-state index in [1.54, 1.807) is 0 Å². The van der Waals surface area contributed by atoms with Crippen LogP contribution in [0.15, 0.2) is 30.3 Å². The molecule has 0 aromatic heterocycles. The minimum Gasteiger partial charge on any atom is -0.313 e. The maximum absolute atomic E-state index is 3.71. The van der Waals surface area contributed by atoms with E-state index in [0.29, 0.717) is 0 Å². The standard InChI is InChI=1S/C16H25NS/c1-14-7-9-16(10-8-14)17-11-12-18-13-15-5-3-2-4-6-15/h2-6,14,16-17H,7-13H2,1H3. The van der Waals surface area contributed by atoms with Gasteiger partial charge in [-0.1, -0.05) is 37.3 Å². The molecule has 1 aliphatic rings. The summed E-state index contributed by atoms with van der Waals surface area (Å²) in [7, 11) is 0. The molecule has 0 spiro atoms. The van der Waals surface area contributed by atoms with Crippen LogP contribution < -0.4 is 5.32 Å². The van der Waals surface area contributed by atoms with Gasteiger partial charge in [-0.3, -0.25) is 0 Å². The van der Waals surface area contributed by atoms with Crippen LogP contribution >= 0.6 is 11.8 Å². The van der Waals surface area contributed by atoms with E-state index in [1.165, 1.54) is 37.0 Å². The van der Waals surface area contributed by atoms with Gasteiger partial charge in [0.05, 0.1) is 0 Å². The van der Waals surface area contributed by atoms with Crippen molar-refractivity contribution >= 4 is 11.8 Å². The second kappa shape index (κ2) is 7.85. The van der Waals surface area contributed by atoms with Gasteiger partial charge in [-0.25, -0.2) is 0 Å². The van der Waals surface area contributed by atoms with Gasteiger partial charge in [0.1, 0.15) is 0 Å². The van der Waals surface area contributed by atoms with Crippen LogP contribution in [0, 0.1) is 5.92 Å². The van der Waals surface area contributed by atoms with Crippen LogP contribution in [0.2, 0.25) is 0 Å². The van der Waals surface area contributed by atoms with Crippen molar-refractivity contribution in [1.29, 1.82) is 0 Å². The largest absolute Gasteiger partial charge is 0.313 e. The molecule has 100 valence electrons. The van der Waals surface area contributed by atoms with Crippen LogP contribution in [0.5, 0.6) is 0 Å². The van der Waals surface area contributed by atoms with E-state index in [0.717, 1.165) is 24.3 Å². The summed E-state index contributed by atoms with van der Waals surface area (Å²) in [6.07, 6.45) is 5.58. The van der Waals surface area contributed by atoms with E-state index < -0.39 is 0 Å². The molecular formula is C16H25NS. The number of rotatable bonds is 6. The molecule has 0 saturated heterocycles.